The van der Waals surface area contributed by atoms with Gasteiger partial charge in [0.25, 0.3) is 0 Å². The van der Waals surface area contributed by atoms with E-state index in [2.05, 4.69) is 43.6 Å². The van der Waals surface area contributed by atoms with Crippen molar-refractivity contribution in [2.45, 2.75) is 71.6 Å². The van der Waals surface area contributed by atoms with Gasteiger partial charge in [0, 0.05) is 68.3 Å². The van der Waals surface area contributed by atoms with Crippen LogP contribution in [0.1, 0.15) is 81.7 Å². The minimum Gasteiger partial charge on any atom is -0.354 e. The van der Waals surface area contributed by atoms with Gasteiger partial charge in [-0.1, -0.05) is 46.2 Å². The Kier molecular flexibility index (Phi) is 8.39. The highest BCUT2D eigenvalue weighted by Crippen LogP contribution is 2.27. The van der Waals surface area contributed by atoms with Crippen molar-refractivity contribution >= 4 is 23.2 Å². The quantitative estimate of drug-likeness (QED) is 0.501. The first kappa shape index (κ1) is 26.3. The van der Waals surface area contributed by atoms with Crippen molar-refractivity contribution in [1.29, 1.82) is 0 Å². The van der Waals surface area contributed by atoms with E-state index >= 15 is 0 Å². The zero-order valence-corrected chi connectivity index (χ0v) is 22.4. The molecule has 0 bridgehead atoms. The molecule has 0 radical (unpaired) electrons. The van der Waals surface area contributed by atoms with E-state index in [0.717, 1.165) is 81.4 Å². The van der Waals surface area contributed by atoms with Gasteiger partial charge in [-0.3, -0.25) is 14.5 Å². The number of carbonyl (C=O) groups excluding carboxylic acids is 2. The van der Waals surface area contributed by atoms with Crippen LogP contribution in [0.15, 0.2) is 30.3 Å². The van der Waals surface area contributed by atoms with Crippen LogP contribution in [0.2, 0.25) is 0 Å². The maximum absolute atomic E-state index is 12.7. The monoisotopic (exact) mass is 491 g/mol. The van der Waals surface area contributed by atoms with Crippen molar-refractivity contribution < 1.29 is 9.59 Å². The van der Waals surface area contributed by atoms with Crippen LogP contribution in [0.3, 0.4) is 0 Å². The molecule has 2 aliphatic heterocycles. The number of carbonyl (C=O) groups is 2. The second-order valence-electron chi connectivity index (χ2n) is 11.1. The Hall–Kier alpha value is -2.80. The number of unbranched alkanes of at least 4 members (excludes halogenated alkanes) is 1. The summed E-state index contributed by atoms with van der Waals surface area (Å²) in [7, 11) is 0. The van der Waals surface area contributed by atoms with Gasteiger partial charge in [0.1, 0.15) is 11.6 Å². The number of rotatable bonds is 8. The Labute approximate surface area is 215 Å². The van der Waals surface area contributed by atoms with Gasteiger partial charge in [-0.25, -0.2) is 9.97 Å². The van der Waals surface area contributed by atoms with E-state index < -0.39 is 0 Å². The molecule has 2 aliphatic rings. The molecule has 0 N–H and O–H groups in total. The number of ketones is 1. The molecule has 0 saturated carbocycles. The summed E-state index contributed by atoms with van der Waals surface area (Å²) in [5.74, 6) is 2.12. The molecule has 4 rings (SSSR count). The van der Waals surface area contributed by atoms with Gasteiger partial charge in [0.15, 0.2) is 5.78 Å². The first-order valence-corrected chi connectivity index (χ1v) is 13.5. The van der Waals surface area contributed by atoms with Crippen molar-refractivity contribution in [2.24, 2.45) is 0 Å². The van der Waals surface area contributed by atoms with Crippen LogP contribution >= 0.6 is 0 Å². The van der Waals surface area contributed by atoms with Crippen molar-refractivity contribution in [3.63, 3.8) is 0 Å². The Morgan fingerprint density at radius 3 is 2.36 bits per heavy atom. The molecule has 7 heteroatoms. The van der Waals surface area contributed by atoms with E-state index in [1.54, 1.807) is 0 Å². The standard InChI is InChI=1S/C29H41N5O2/c1-5-10-22-21-26(31-28(30-22)29(2,3)4)33-19-17-32(18-20-33)15-8-9-16-34-24-12-7-6-11-23(24)25(35)13-14-27(34)36/h6-7,11-12,21H,5,8-10,13-20H2,1-4H3. The van der Waals surface area contributed by atoms with Gasteiger partial charge in [-0.05, 0) is 37.9 Å². The number of anilines is 2. The lowest BCUT2D eigenvalue weighted by Crippen LogP contribution is -2.47. The van der Waals surface area contributed by atoms with Crippen LogP contribution in [-0.2, 0) is 16.6 Å². The minimum absolute atomic E-state index is 0.0591. The molecule has 0 atom stereocenters. The lowest BCUT2D eigenvalue weighted by molar-refractivity contribution is -0.118. The lowest BCUT2D eigenvalue weighted by atomic mass is 9.95. The van der Waals surface area contributed by atoms with Gasteiger partial charge < -0.3 is 9.80 Å². The molecular formula is C29H41N5O2. The Bertz CT molecular complexity index is 1070. The summed E-state index contributed by atoms with van der Waals surface area (Å²) >= 11 is 0. The normalized spacial score (nSPS) is 17.3. The van der Waals surface area contributed by atoms with E-state index in [0.29, 0.717) is 24.9 Å². The molecule has 0 unspecified atom stereocenters. The number of amides is 1. The third-order valence-electron chi connectivity index (χ3n) is 7.11. The topological polar surface area (TPSA) is 69.6 Å². The molecule has 36 heavy (non-hydrogen) atoms. The number of para-hydroxylation sites is 1. The fourth-order valence-corrected chi connectivity index (χ4v) is 4.99. The molecule has 1 fully saturated rings. The van der Waals surface area contributed by atoms with E-state index in [9.17, 15) is 9.59 Å². The Morgan fingerprint density at radius 2 is 1.64 bits per heavy atom. The molecule has 3 heterocycles. The highest BCUT2D eigenvalue weighted by Gasteiger charge is 2.26. The summed E-state index contributed by atoms with van der Waals surface area (Å²) in [6.45, 7) is 14.4. The fourth-order valence-electron chi connectivity index (χ4n) is 4.99. The summed E-state index contributed by atoms with van der Waals surface area (Å²) < 4.78 is 0. The van der Waals surface area contributed by atoms with Crippen molar-refractivity contribution in [3.05, 3.63) is 47.4 Å². The zero-order chi connectivity index (χ0) is 25.7. The predicted octanol–water partition coefficient (Wildman–Crippen LogP) is 4.64. The highest BCUT2D eigenvalue weighted by molar-refractivity contribution is 6.10. The third kappa shape index (κ3) is 6.30. The van der Waals surface area contributed by atoms with Crippen molar-refractivity contribution in [1.82, 2.24) is 14.9 Å². The SMILES string of the molecule is CCCc1cc(N2CCN(CCCCN3C(=O)CCC(=O)c4ccccc43)CC2)nc(C(C)(C)C)n1. The van der Waals surface area contributed by atoms with Crippen LogP contribution in [0.4, 0.5) is 11.5 Å². The fraction of sp³-hybridized carbons (Fsp3) is 0.586. The highest BCUT2D eigenvalue weighted by atomic mass is 16.2. The van der Waals surface area contributed by atoms with Crippen molar-refractivity contribution in [3.8, 4) is 0 Å². The Balaban J connectivity index is 1.29. The molecule has 0 aliphatic carbocycles. The van der Waals surface area contributed by atoms with E-state index in [4.69, 9.17) is 9.97 Å². The molecule has 1 aromatic heterocycles. The van der Waals surface area contributed by atoms with E-state index in [1.165, 1.54) is 0 Å². The van der Waals surface area contributed by atoms with Gasteiger partial charge in [-0.15, -0.1) is 0 Å². The largest absolute Gasteiger partial charge is 0.354 e. The predicted molar refractivity (Wildman–Crippen MR) is 145 cm³/mol. The van der Waals surface area contributed by atoms with Crippen LogP contribution in [0.5, 0.6) is 0 Å². The molecule has 0 spiro atoms. The van der Waals surface area contributed by atoms with Crippen molar-refractivity contribution in [2.75, 3.05) is 49.1 Å². The minimum atomic E-state index is -0.0666. The number of aryl methyl sites for hydroxylation is 1. The van der Waals surface area contributed by atoms with Crippen LogP contribution < -0.4 is 9.80 Å². The second-order valence-corrected chi connectivity index (χ2v) is 11.1. The zero-order valence-electron chi connectivity index (χ0n) is 22.4. The number of aromatic nitrogens is 2. The second kappa shape index (κ2) is 11.5. The maximum Gasteiger partial charge on any atom is 0.227 e. The van der Waals surface area contributed by atoms with Gasteiger partial charge >= 0.3 is 0 Å². The van der Waals surface area contributed by atoms with Crippen LogP contribution in [-0.4, -0.2) is 65.8 Å². The van der Waals surface area contributed by atoms with E-state index in [1.807, 2.05) is 29.2 Å². The average molecular weight is 492 g/mol. The van der Waals surface area contributed by atoms with Crippen LogP contribution in [0.25, 0.3) is 0 Å². The smallest absolute Gasteiger partial charge is 0.227 e. The lowest BCUT2D eigenvalue weighted by Gasteiger charge is -2.36. The molecule has 7 nitrogen and oxygen atoms in total. The molecule has 2 aromatic rings. The number of hydrogen-bond donors (Lipinski definition) is 0. The molecule has 194 valence electrons. The first-order valence-electron chi connectivity index (χ1n) is 13.5. The average Bonchev–Trinajstić information content (AvgIpc) is 2.98. The maximum atomic E-state index is 12.7. The summed E-state index contributed by atoms with van der Waals surface area (Å²) in [6, 6.07) is 9.70. The summed E-state index contributed by atoms with van der Waals surface area (Å²) in [5, 5.41) is 0. The molecule has 1 amide bonds. The summed E-state index contributed by atoms with van der Waals surface area (Å²) in [5.41, 5.74) is 2.53. The number of piperazine rings is 1. The summed E-state index contributed by atoms with van der Waals surface area (Å²) in [4.78, 5) is 41.6. The number of fused-ring (bicyclic) bond motifs is 1. The third-order valence-corrected chi connectivity index (χ3v) is 7.11. The number of benzene rings is 1. The number of nitrogens with zero attached hydrogens (tertiary/aromatic N) is 5. The summed E-state index contributed by atoms with van der Waals surface area (Å²) in [6.07, 6.45) is 4.63. The molecular weight excluding hydrogens is 450 g/mol. The number of hydrogen-bond acceptors (Lipinski definition) is 6. The van der Waals surface area contributed by atoms with Gasteiger partial charge in [-0.2, -0.15) is 0 Å². The number of Topliss-reactive ketones (excluding diaryl/α,β-unsaturated/α-hetero) is 1. The van der Waals surface area contributed by atoms with Gasteiger partial charge in [0.05, 0.1) is 5.69 Å². The molecule has 1 saturated heterocycles. The first-order chi connectivity index (χ1) is 17.3. The van der Waals surface area contributed by atoms with Gasteiger partial charge in [0.2, 0.25) is 5.91 Å². The van der Waals surface area contributed by atoms with E-state index in [-0.39, 0.29) is 17.1 Å². The molecule has 1 aromatic carbocycles. The Morgan fingerprint density at radius 1 is 0.917 bits per heavy atom. The van der Waals surface area contributed by atoms with Crippen LogP contribution in [0, 0.1) is 0 Å².